The minimum absolute atomic E-state index is 0.0121. The first kappa shape index (κ1) is 19.7. The van der Waals surface area contributed by atoms with E-state index in [1.165, 1.54) is 0 Å². The molecule has 8 nitrogen and oxygen atoms in total. The van der Waals surface area contributed by atoms with Crippen LogP contribution in [0.3, 0.4) is 0 Å². The Kier molecular flexibility index (Phi) is 6.57. The molecule has 1 unspecified atom stereocenters. The third kappa shape index (κ3) is 4.95. The molecule has 142 valence electrons. The summed E-state index contributed by atoms with van der Waals surface area (Å²) in [5, 5.41) is 5.29. The lowest BCUT2D eigenvalue weighted by atomic mass is 10.1. The quantitative estimate of drug-likeness (QED) is 0.633. The van der Waals surface area contributed by atoms with Gasteiger partial charge in [-0.3, -0.25) is 14.4 Å². The Morgan fingerprint density at radius 3 is 2.77 bits per heavy atom. The van der Waals surface area contributed by atoms with Crippen molar-refractivity contribution >= 4 is 23.4 Å². The van der Waals surface area contributed by atoms with Gasteiger partial charge < -0.3 is 26.0 Å². The molecule has 2 rings (SSSR count). The van der Waals surface area contributed by atoms with Crippen LogP contribution in [0.5, 0.6) is 5.75 Å². The average molecular weight is 362 g/mol. The molecule has 3 amide bonds. The maximum absolute atomic E-state index is 12.2. The molecule has 2 atom stereocenters. The summed E-state index contributed by atoms with van der Waals surface area (Å²) in [7, 11) is 1.56. The van der Waals surface area contributed by atoms with Gasteiger partial charge in [-0.1, -0.05) is 19.9 Å². The van der Waals surface area contributed by atoms with Crippen LogP contribution in [0.2, 0.25) is 0 Å². The van der Waals surface area contributed by atoms with Gasteiger partial charge in [-0.25, -0.2) is 0 Å². The molecule has 1 fully saturated rings. The lowest BCUT2D eigenvalue weighted by Crippen LogP contribution is -2.48. The van der Waals surface area contributed by atoms with Crippen molar-refractivity contribution in [1.82, 2.24) is 10.6 Å². The van der Waals surface area contributed by atoms with Gasteiger partial charge in [0.1, 0.15) is 5.75 Å². The smallest absolute Gasteiger partial charge is 0.239 e. The molecule has 0 saturated carbocycles. The zero-order valence-corrected chi connectivity index (χ0v) is 15.3. The number of benzene rings is 1. The second-order valence-electron chi connectivity index (χ2n) is 6.66. The van der Waals surface area contributed by atoms with Crippen molar-refractivity contribution in [3.63, 3.8) is 0 Å². The summed E-state index contributed by atoms with van der Waals surface area (Å²) in [6.07, 6.45) is 0.211. The molecular weight excluding hydrogens is 336 g/mol. The molecule has 1 aliphatic heterocycles. The molecule has 1 aromatic carbocycles. The molecule has 26 heavy (non-hydrogen) atoms. The Morgan fingerprint density at radius 1 is 1.38 bits per heavy atom. The normalized spacial score (nSPS) is 18.0. The van der Waals surface area contributed by atoms with Crippen molar-refractivity contribution in [1.29, 1.82) is 0 Å². The fourth-order valence-electron chi connectivity index (χ4n) is 2.70. The number of hydrogen-bond acceptors (Lipinski definition) is 5. The number of nitrogens with two attached hydrogens (primary N) is 1. The molecule has 0 radical (unpaired) electrons. The van der Waals surface area contributed by atoms with E-state index >= 15 is 0 Å². The average Bonchev–Trinajstić information content (AvgIpc) is 2.99. The van der Waals surface area contributed by atoms with E-state index in [2.05, 4.69) is 10.6 Å². The van der Waals surface area contributed by atoms with Crippen molar-refractivity contribution in [3.8, 4) is 5.75 Å². The highest BCUT2D eigenvalue weighted by Crippen LogP contribution is 2.25. The summed E-state index contributed by atoms with van der Waals surface area (Å²) < 4.78 is 5.17. The summed E-state index contributed by atoms with van der Waals surface area (Å²) in [5.74, 6) is -0.140. The van der Waals surface area contributed by atoms with Crippen LogP contribution in [0.1, 0.15) is 20.3 Å². The molecule has 1 saturated heterocycles. The number of methoxy groups -OCH3 is 1. The molecule has 0 spiro atoms. The van der Waals surface area contributed by atoms with E-state index in [9.17, 15) is 14.4 Å². The van der Waals surface area contributed by atoms with Gasteiger partial charge in [-0.05, 0) is 18.1 Å². The van der Waals surface area contributed by atoms with Crippen LogP contribution in [0.25, 0.3) is 0 Å². The van der Waals surface area contributed by atoms with Crippen LogP contribution in [0, 0.1) is 5.92 Å². The van der Waals surface area contributed by atoms with Gasteiger partial charge in [0.25, 0.3) is 0 Å². The fraction of sp³-hybridized carbons (Fsp3) is 0.500. The second kappa shape index (κ2) is 8.66. The molecule has 1 heterocycles. The Balaban J connectivity index is 1.86. The molecule has 0 aliphatic carbocycles. The number of rotatable bonds is 7. The van der Waals surface area contributed by atoms with E-state index in [4.69, 9.17) is 10.5 Å². The predicted octanol–water partition coefficient (Wildman–Crippen LogP) is 0.0162. The van der Waals surface area contributed by atoms with E-state index in [1.54, 1.807) is 30.2 Å². The standard InChI is InChI=1S/C18H26N4O4/c1-11(2)17(19)18(25)20-9-15(23)21-12-7-16(24)22(10-12)13-5-4-6-14(8-13)26-3/h4-6,8,11-12,17H,7,9-10,19H2,1-3H3,(H,20,25)(H,21,23)/t12?,17-/m0/s1. The SMILES string of the molecule is COc1cccc(N2CC(NC(=O)CNC(=O)[C@@H](N)C(C)C)CC2=O)c1. The Labute approximate surface area is 153 Å². The van der Waals surface area contributed by atoms with E-state index in [0.29, 0.717) is 12.3 Å². The lowest BCUT2D eigenvalue weighted by molar-refractivity contribution is -0.127. The van der Waals surface area contributed by atoms with Crippen molar-refractivity contribution in [3.05, 3.63) is 24.3 Å². The number of nitrogens with one attached hydrogen (secondary N) is 2. The zero-order chi connectivity index (χ0) is 19.3. The molecule has 4 N–H and O–H groups in total. The molecule has 1 aromatic rings. The summed E-state index contributed by atoms with van der Waals surface area (Å²) in [6, 6.07) is 6.24. The monoisotopic (exact) mass is 362 g/mol. The third-order valence-corrected chi connectivity index (χ3v) is 4.30. The highest BCUT2D eigenvalue weighted by atomic mass is 16.5. The number of ether oxygens (including phenoxy) is 1. The molecule has 0 bridgehead atoms. The van der Waals surface area contributed by atoms with Gasteiger partial charge in [0.15, 0.2) is 0 Å². The number of anilines is 1. The maximum atomic E-state index is 12.2. The Morgan fingerprint density at radius 2 is 2.12 bits per heavy atom. The number of carbonyl (C=O) groups is 3. The summed E-state index contributed by atoms with van der Waals surface area (Å²) in [6.45, 7) is 3.88. The minimum atomic E-state index is -0.653. The fourth-order valence-corrected chi connectivity index (χ4v) is 2.70. The molecule has 0 aromatic heterocycles. The van der Waals surface area contributed by atoms with Gasteiger partial charge in [-0.2, -0.15) is 0 Å². The van der Waals surface area contributed by atoms with Gasteiger partial charge in [0.2, 0.25) is 17.7 Å². The highest BCUT2D eigenvalue weighted by molar-refractivity contribution is 5.97. The van der Waals surface area contributed by atoms with Gasteiger partial charge >= 0.3 is 0 Å². The first-order valence-electron chi connectivity index (χ1n) is 8.59. The minimum Gasteiger partial charge on any atom is -0.497 e. The van der Waals surface area contributed by atoms with Gasteiger partial charge in [-0.15, -0.1) is 0 Å². The molecule has 1 aliphatic rings. The number of nitrogens with zero attached hydrogens (tertiary/aromatic N) is 1. The van der Waals surface area contributed by atoms with Crippen LogP contribution in [0.15, 0.2) is 24.3 Å². The van der Waals surface area contributed by atoms with E-state index in [1.807, 2.05) is 19.9 Å². The van der Waals surface area contributed by atoms with Crippen LogP contribution in [0.4, 0.5) is 5.69 Å². The number of amides is 3. The van der Waals surface area contributed by atoms with Crippen molar-refractivity contribution in [2.24, 2.45) is 11.7 Å². The second-order valence-corrected chi connectivity index (χ2v) is 6.66. The van der Waals surface area contributed by atoms with Gasteiger partial charge in [0, 0.05) is 24.7 Å². The first-order valence-corrected chi connectivity index (χ1v) is 8.59. The third-order valence-electron chi connectivity index (χ3n) is 4.30. The lowest BCUT2D eigenvalue weighted by Gasteiger charge is -2.18. The van der Waals surface area contributed by atoms with Gasteiger partial charge in [0.05, 0.1) is 25.7 Å². The summed E-state index contributed by atoms with van der Waals surface area (Å²) in [4.78, 5) is 37.7. The van der Waals surface area contributed by atoms with Crippen LogP contribution in [-0.4, -0.2) is 50.0 Å². The summed E-state index contributed by atoms with van der Waals surface area (Å²) in [5.41, 5.74) is 6.45. The first-order chi connectivity index (χ1) is 12.3. The molecular formula is C18H26N4O4. The topological polar surface area (TPSA) is 114 Å². The number of hydrogen-bond donors (Lipinski definition) is 3. The van der Waals surface area contributed by atoms with E-state index in [-0.39, 0.29) is 42.6 Å². The largest absolute Gasteiger partial charge is 0.497 e. The van der Waals surface area contributed by atoms with Crippen molar-refractivity contribution in [2.45, 2.75) is 32.4 Å². The van der Waals surface area contributed by atoms with E-state index < -0.39 is 6.04 Å². The van der Waals surface area contributed by atoms with Crippen LogP contribution in [-0.2, 0) is 14.4 Å². The Hall–Kier alpha value is -2.61. The molecule has 8 heteroatoms. The van der Waals surface area contributed by atoms with E-state index in [0.717, 1.165) is 5.69 Å². The number of carbonyl (C=O) groups excluding carboxylic acids is 3. The zero-order valence-electron chi connectivity index (χ0n) is 15.3. The van der Waals surface area contributed by atoms with Crippen molar-refractivity contribution in [2.75, 3.05) is 25.1 Å². The van der Waals surface area contributed by atoms with Crippen LogP contribution < -0.4 is 26.0 Å². The Bertz CT molecular complexity index is 677. The predicted molar refractivity (Wildman–Crippen MR) is 97.7 cm³/mol. The van der Waals surface area contributed by atoms with Crippen LogP contribution >= 0.6 is 0 Å². The summed E-state index contributed by atoms with van der Waals surface area (Å²) >= 11 is 0. The maximum Gasteiger partial charge on any atom is 0.239 e. The highest BCUT2D eigenvalue weighted by Gasteiger charge is 2.31. The van der Waals surface area contributed by atoms with Crippen molar-refractivity contribution < 1.29 is 19.1 Å².